The molecule has 0 aliphatic rings. The van der Waals surface area contributed by atoms with Gasteiger partial charge in [0.2, 0.25) is 59.1 Å². The summed E-state index contributed by atoms with van der Waals surface area (Å²) in [5.74, 6) is -3.58. The lowest BCUT2D eigenvalue weighted by molar-refractivity contribution is -0.159. The van der Waals surface area contributed by atoms with E-state index in [1.54, 1.807) is 27.7 Å². The number of amides is 10. The zero-order valence-electron chi connectivity index (χ0n) is 95.4. The van der Waals surface area contributed by atoms with Crippen LogP contribution in [0.3, 0.4) is 0 Å². The van der Waals surface area contributed by atoms with Gasteiger partial charge in [-0.05, 0) is 193 Å². The van der Waals surface area contributed by atoms with E-state index in [1.807, 2.05) is 111 Å². The number of hydrogen-bond acceptors (Lipinski definition) is 32. The predicted octanol–water partition coefficient (Wildman–Crippen LogP) is 9.87. The molecule has 0 saturated heterocycles. The second-order valence-corrected chi connectivity index (χ2v) is 37.6. The second kappa shape index (κ2) is 96.4. The molecule has 0 heterocycles. The summed E-state index contributed by atoms with van der Waals surface area (Å²) in [5, 5.41) is 63.2. The zero-order chi connectivity index (χ0) is 115. The fourth-order valence-electron chi connectivity index (χ4n) is 8.45. The lowest BCUT2D eigenvalue weighted by atomic mass is 9.91. The van der Waals surface area contributed by atoms with Crippen molar-refractivity contribution in [1.82, 2.24) is 53.2 Å². The van der Waals surface area contributed by atoms with Crippen molar-refractivity contribution in [3.05, 3.63) is 0 Å². The topological polar surface area (TPSA) is 601 Å². The van der Waals surface area contributed by atoms with E-state index >= 15 is 0 Å². The highest BCUT2D eigenvalue weighted by Gasteiger charge is 2.30. The average molecular weight is 2090 g/mol. The third-order valence-corrected chi connectivity index (χ3v) is 20.6. The highest BCUT2D eigenvalue weighted by atomic mass is 16.6. The number of aliphatic hydroxyl groups is 4. The average Bonchev–Trinajstić information content (AvgIpc) is 0.898. The fourth-order valence-corrected chi connectivity index (χ4v) is 8.45. The minimum Gasteiger partial charge on any atom is -0.465 e. The molecule has 42 heteroatoms. The van der Waals surface area contributed by atoms with Crippen LogP contribution in [0.5, 0.6) is 0 Å². The molecule has 0 aromatic rings. The first-order chi connectivity index (χ1) is 67.0. The maximum Gasteiger partial charge on any atom is 0.311 e. The standard InChI is InChI=1S/2C11H21NO4.2C11H21NO3.2C10H19NO4.2C10H19NO3.C10H21NO2.C9H19NO2/c1-5-11(3,4)10(15)16-7-9(14)6-12-8(2)13;1-5-11(3,4)16-10(15)6-9(14)7-12-8(2)13;1-5-11(3,4)10(14)15-8-6-7-12-9(2)13;1-5-11(3,4)15-10(14)7-6-8-12-9(2)13;1-4-7(2)10(14)15-6-9(13)5-11-8(3)12;1-4-7(2)15-10(14)5-9(13)6-11-8(3)12;1-4-8(2)10(13)14-7-5-6-11-9(3)12;1-4-8(2)14-10(13)6-5-7-11-9(3)12;1-5-10(3,4)13-8-6-7-11-9(2)12;1-4-8(2)12-7-5-6-10-9(3)11/h2*9,14H,5-7H2,1-4H3,(H,12,13);2*5-8H2,1-4H3,(H,12,13);2*7,9,13H,4-6H2,1-3H3,(H,11,12);2*8H,4-7H2,1-3H3,(H,11,12);5-8H2,1-4H3,(H,11,12);8H,4-7H2,1-3H3,(H,10,11). The highest BCUT2D eigenvalue weighted by Crippen LogP contribution is 2.23. The molecule has 9 unspecified atom stereocenters. The van der Waals surface area contributed by atoms with Gasteiger partial charge in [-0.3, -0.25) is 86.3 Å². The molecule has 9 atom stereocenters. The van der Waals surface area contributed by atoms with Crippen molar-refractivity contribution in [2.24, 2.45) is 22.7 Å². The Labute approximate surface area is 868 Å². The molecule has 854 valence electrons. The van der Waals surface area contributed by atoms with Gasteiger partial charge in [-0.2, -0.15) is 0 Å². The Hall–Kier alpha value is -9.78. The van der Waals surface area contributed by atoms with Gasteiger partial charge in [0.25, 0.3) is 0 Å². The molecule has 0 aromatic carbocycles. The van der Waals surface area contributed by atoms with E-state index in [2.05, 4.69) is 87.8 Å². The van der Waals surface area contributed by atoms with E-state index < -0.39 is 52.8 Å². The van der Waals surface area contributed by atoms with Gasteiger partial charge in [0.15, 0.2) is 0 Å². The lowest BCUT2D eigenvalue weighted by Gasteiger charge is -2.24. The van der Waals surface area contributed by atoms with Crippen LogP contribution in [0.1, 0.15) is 371 Å². The Morgan fingerprint density at radius 3 is 0.855 bits per heavy atom. The Morgan fingerprint density at radius 2 is 0.538 bits per heavy atom. The Bertz CT molecular complexity index is 3510. The van der Waals surface area contributed by atoms with Gasteiger partial charge in [0.05, 0.1) is 84.8 Å². The molecule has 145 heavy (non-hydrogen) atoms. The number of aliphatic hydroxyl groups excluding tert-OH is 4. The SMILES string of the molecule is CCC(C)(C)C(=O)OCC(O)CNC(C)=O.CCC(C)(C)C(=O)OCCCNC(C)=O.CCC(C)(C)OC(=O)CC(O)CNC(C)=O.CCC(C)(C)OC(=O)CCCNC(C)=O.CCC(C)(C)OCCCNC(C)=O.CCC(C)C(=O)OCC(O)CNC(C)=O.CCC(C)C(=O)OCCCNC(C)=O.CCC(C)OC(=O)CC(O)CNC(C)=O.CCC(C)OC(=O)CCCNC(C)=O.CCC(C)OCCCNC(C)=O. The van der Waals surface area contributed by atoms with Crippen molar-refractivity contribution < 1.29 is 154 Å². The quantitative estimate of drug-likeness (QED) is 0.0153. The van der Waals surface area contributed by atoms with E-state index in [0.29, 0.717) is 123 Å². The molecule has 0 rings (SSSR count). The van der Waals surface area contributed by atoms with Crippen LogP contribution in [0, 0.1) is 22.7 Å². The smallest absolute Gasteiger partial charge is 0.311 e. The number of carbonyl (C=O) groups is 18. The monoisotopic (exact) mass is 2090 g/mol. The predicted molar refractivity (Wildman–Crippen MR) is 557 cm³/mol. The van der Waals surface area contributed by atoms with Crippen LogP contribution in [-0.2, 0) is 134 Å². The summed E-state index contributed by atoms with van der Waals surface area (Å²) in [4.78, 5) is 195. The van der Waals surface area contributed by atoms with Crippen LogP contribution in [-0.4, -0.2) is 292 Å². The molecule has 42 nitrogen and oxygen atoms in total. The van der Waals surface area contributed by atoms with Crippen molar-refractivity contribution in [1.29, 1.82) is 0 Å². The maximum absolute atomic E-state index is 11.5. The molecule has 0 aromatic heterocycles. The van der Waals surface area contributed by atoms with E-state index in [0.717, 1.165) is 64.4 Å². The van der Waals surface area contributed by atoms with Gasteiger partial charge in [0.1, 0.15) is 36.6 Å². The maximum atomic E-state index is 11.5. The van der Waals surface area contributed by atoms with Crippen LogP contribution in [0.15, 0.2) is 0 Å². The summed E-state index contributed by atoms with van der Waals surface area (Å²) >= 11 is 0. The van der Waals surface area contributed by atoms with Gasteiger partial charge in [-0.1, -0.05) is 83.1 Å². The lowest BCUT2D eigenvalue weighted by Crippen LogP contribution is -2.35. The summed E-state index contributed by atoms with van der Waals surface area (Å²) < 4.78 is 51.3. The Kier molecular flexibility index (Phi) is 103. The molecule has 0 radical (unpaired) electrons. The van der Waals surface area contributed by atoms with Gasteiger partial charge < -0.3 is 121 Å². The van der Waals surface area contributed by atoms with Crippen LogP contribution in [0.4, 0.5) is 0 Å². The summed E-state index contributed by atoms with van der Waals surface area (Å²) in [7, 11) is 0. The zero-order valence-corrected chi connectivity index (χ0v) is 95.4. The van der Waals surface area contributed by atoms with Crippen molar-refractivity contribution in [2.75, 3.05) is 105 Å². The summed E-state index contributed by atoms with van der Waals surface area (Å²) in [6, 6.07) is 0. The van der Waals surface area contributed by atoms with Crippen molar-refractivity contribution in [3.63, 3.8) is 0 Å². The molecular weight excluding hydrogens is 1890 g/mol. The fraction of sp³-hybridized carbons (Fsp3) is 0.825. The molecule has 14 N–H and O–H groups in total. The largest absolute Gasteiger partial charge is 0.465 e. The minimum absolute atomic E-state index is 0.0109. The molecule has 0 saturated carbocycles. The van der Waals surface area contributed by atoms with Crippen molar-refractivity contribution in [3.8, 4) is 0 Å². The molecule has 10 amide bonds. The summed E-state index contributed by atoms with van der Waals surface area (Å²) in [6.45, 7) is 68.1. The third-order valence-electron chi connectivity index (χ3n) is 20.6. The summed E-state index contributed by atoms with van der Waals surface area (Å²) in [5.41, 5.74) is -1.87. The molecule has 0 fully saturated rings. The van der Waals surface area contributed by atoms with Crippen LogP contribution >= 0.6 is 0 Å². The van der Waals surface area contributed by atoms with Crippen molar-refractivity contribution >= 4 is 107 Å². The van der Waals surface area contributed by atoms with Crippen LogP contribution in [0.25, 0.3) is 0 Å². The first kappa shape index (κ1) is 155. The molecule has 0 bridgehead atoms. The third kappa shape index (κ3) is 123. The number of rotatable bonds is 60. The first-order valence-corrected chi connectivity index (χ1v) is 51.0. The van der Waals surface area contributed by atoms with Crippen LogP contribution in [0.2, 0.25) is 0 Å². The van der Waals surface area contributed by atoms with E-state index in [-0.39, 0.29) is 182 Å². The number of hydrogen-bond donors (Lipinski definition) is 14. The number of esters is 8. The summed E-state index contributed by atoms with van der Waals surface area (Å²) in [6.07, 6.45) is 9.64. The van der Waals surface area contributed by atoms with Crippen LogP contribution < -0.4 is 53.2 Å². The van der Waals surface area contributed by atoms with Gasteiger partial charge in [-0.25, -0.2) is 0 Å². The molecule has 0 aliphatic heterocycles. The number of ether oxygens (including phenoxy) is 10. The first-order valence-electron chi connectivity index (χ1n) is 51.0. The van der Waals surface area contributed by atoms with Crippen molar-refractivity contribution in [2.45, 2.75) is 430 Å². The molecule has 0 spiro atoms. The highest BCUT2D eigenvalue weighted by molar-refractivity contribution is 5.79. The second-order valence-electron chi connectivity index (χ2n) is 37.6. The van der Waals surface area contributed by atoms with E-state index in [9.17, 15) is 107 Å². The normalized spacial score (nSPS) is 12.4. The number of nitrogens with one attached hydrogen (secondary N) is 10. The van der Waals surface area contributed by atoms with E-state index in [4.69, 9.17) is 47.4 Å². The number of carbonyl (C=O) groups excluding carboxylic acids is 18. The van der Waals surface area contributed by atoms with E-state index in [1.165, 1.54) is 69.2 Å². The van der Waals surface area contributed by atoms with Gasteiger partial charge >= 0.3 is 47.8 Å². The molecular formula is C103H200N10O32. The Morgan fingerprint density at radius 1 is 0.269 bits per heavy atom. The van der Waals surface area contributed by atoms with Gasteiger partial charge in [0, 0.05) is 161 Å². The Balaban J connectivity index is -0.000000175. The minimum atomic E-state index is -0.899. The molecule has 0 aliphatic carbocycles. The van der Waals surface area contributed by atoms with Gasteiger partial charge in [-0.15, -0.1) is 0 Å².